The Hall–Kier alpha value is -1.57. The summed E-state index contributed by atoms with van der Waals surface area (Å²) >= 11 is 0. The SMILES string of the molecule is c1cc2c3c(c1)C[C@@H](Cn1ccnc1)C[C@H]3CC2. The van der Waals surface area contributed by atoms with Crippen molar-refractivity contribution in [3.63, 3.8) is 0 Å². The minimum atomic E-state index is 0.782. The molecule has 0 fully saturated rings. The van der Waals surface area contributed by atoms with Crippen LogP contribution in [0.4, 0.5) is 0 Å². The lowest BCUT2D eigenvalue weighted by molar-refractivity contribution is 0.356. The van der Waals surface area contributed by atoms with E-state index >= 15 is 0 Å². The average Bonchev–Trinajstić information content (AvgIpc) is 3.01. The lowest BCUT2D eigenvalue weighted by Gasteiger charge is -2.29. The molecule has 0 amide bonds. The number of hydrogen-bond donors (Lipinski definition) is 0. The molecular formula is C16H18N2. The van der Waals surface area contributed by atoms with E-state index in [1.54, 1.807) is 16.7 Å². The molecule has 0 unspecified atom stereocenters. The van der Waals surface area contributed by atoms with Gasteiger partial charge in [-0.05, 0) is 54.2 Å². The van der Waals surface area contributed by atoms with Gasteiger partial charge in [-0.15, -0.1) is 0 Å². The molecule has 2 aliphatic carbocycles. The average molecular weight is 238 g/mol. The molecule has 0 radical (unpaired) electrons. The number of hydrogen-bond acceptors (Lipinski definition) is 1. The number of nitrogens with zero attached hydrogens (tertiary/aromatic N) is 2. The van der Waals surface area contributed by atoms with Crippen LogP contribution in [-0.2, 0) is 19.4 Å². The molecule has 2 heteroatoms. The highest BCUT2D eigenvalue weighted by Crippen LogP contribution is 2.44. The van der Waals surface area contributed by atoms with E-state index in [2.05, 4.69) is 33.9 Å². The van der Waals surface area contributed by atoms with E-state index in [0.717, 1.165) is 18.4 Å². The Labute approximate surface area is 108 Å². The predicted molar refractivity (Wildman–Crippen MR) is 71.5 cm³/mol. The monoisotopic (exact) mass is 238 g/mol. The Kier molecular flexibility index (Phi) is 2.29. The largest absolute Gasteiger partial charge is 0.337 e. The summed E-state index contributed by atoms with van der Waals surface area (Å²) in [7, 11) is 0. The summed E-state index contributed by atoms with van der Waals surface area (Å²) in [6.45, 7) is 1.13. The van der Waals surface area contributed by atoms with Crippen molar-refractivity contribution in [1.29, 1.82) is 0 Å². The topological polar surface area (TPSA) is 17.8 Å². The van der Waals surface area contributed by atoms with Crippen molar-refractivity contribution >= 4 is 0 Å². The third kappa shape index (κ3) is 1.59. The van der Waals surface area contributed by atoms with Gasteiger partial charge in [0.1, 0.15) is 0 Å². The van der Waals surface area contributed by atoms with Crippen LogP contribution < -0.4 is 0 Å². The second-order valence-corrected chi connectivity index (χ2v) is 5.79. The van der Waals surface area contributed by atoms with E-state index in [1.807, 2.05) is 12.5 Å². The third-order valence-electron chi connectivity index (χ3n) is 4.61. The van der Waals surface area contributed by atoms with E-state index < -0.39 is 0 Å². The molecule has 18 heavy (non-hydrogen) atoms. The van der Waals surface area contributed by atoms with Crippen molar-refractivity contribution in [2.24, 2.45) is 5.92 Å². The van der Waals surface area contributed by atoms with Gasteiger partial charge in [-0.1, -0.05) is 18.2 Å². The first-order valence-electron chi connectivity index (χ1n) is 6.96. The molecule has 0 bridgehead atoms. The molecule has 1 aromatic heterocycles. The maximum Gasteiger partial charge on any atom is 0.0945 e. The molecule has 0 saturated carbocycles. The molecule has 0 N–H and O–H groups in total. The second-order valence-electron chi connectivity index (χ2n) is 5.79. The zero-order chi connectivity index (χ0) is 11.9. The molecule has 1 aromatic carbocycles. The van der Waals surface area contributed by atoms with Crippen molar-refractivity contribution in [2.75, 3.05) is 0 Å². The Morgan fingerprint density at radius 1 is 1.28 bits per heavy atom. The number of aromatic nitrogens is 2. The predicted octanol–water partition coefficient (Wildman–Crippen LogP) is 3.18. The Balaban J connectivity index is 1.62. The van der Waals surface area contributed by atoms with Gasteiger partial charge in [0.05, 0.1) is 6.33 Å². The van der Waals surface area contributed by atoms with Gasteiger partial charge in [-0.2, -0.15) is 0 Å². The van der Waals surface area contributed by atoms with Crippen LogP contribution in [0.15, 0.2) is 36.9 Å². The van der Waals surface area contributed by atoms with E-state index in [0.29, 0.717) is 0 Å². The summed E-state index contributed by atoms with van der Waals surface area (Å²) in [5.41, 5.74) is 4.95. The van der Waals surface area contributed by atoms with Gasteiger partial charge in [0.2, 0.25) is 0 Å². The van der Waals surface area contributed by atoms with Gasteiger partial charge in [-0.25, -0.2) is 4.98 Å². The fourth-order valence-electron chi connectivity index (χ4n) is 3.93. The maximum absolute atomic E-state index is 4.14. The van der Waals surface area contributed by atoms with Crippen molar-refractivity contribution in [2.45, 2.75) is 38.1 Å². The summed E-state index contributed by atoms with van der Waals surface area (Å²) in [5.74, 6) is 1.61. The molecule has 2 atom stereocenters. The minimum Gasteiger partial charge on any atom is -0.337 e. The summed E-state index contributed by atoms with van der Waals surface area (Å²) in [5, 5.41) is 0. The van der Waals surface area contributed by atoms with Crippen LogP contribution in [-0.4, -0.2) is 9.55 Å². The minimum absolute atomic E-state index is 0.782. The summed E-state index contributed by atoms with van der Waals surface area (Å²) < 4.78 is 2.23. The quantitative estimate of drug-likeness (QED) is 0.785. The fourth-order valence-corrected chi connectivity index (χ4v) is 3.93. The molecule has 0 aliphatic heterocycles. The van der Waals surface area contributed by atoms with Crippen LogP contribution in [0.25, 0.3) is 0 Å². The van der Waals surface area contributed by atoms with Crippen LogP contribution >= 0.6 is 0 Å². The molecule has 0 saturated heterocycles. The van der Waals surface area contributed by atoms with Gasteiger partial charge in [0.25, 0.3) is 0 Å². The van der Waals surface area contributed by atoms with Crippen molar-refractivity contribution in [1.82, 2.24) is 9.55 Å². The van der Waals surface area contributed by atoms with Gasteiger partial charge in [0, 0.05) is 18.9 Å². The highest BCUT2D eigenvalue weighted by molar-refractivity contribution is 5.43. The molecule has 1 heterocycles. The van der Waals surface area contributed by atoms with Crippen LogP contribution in [0.2, 0.25) is 0 Å². The summed E-state index contributed by atoms with van der Waals surface area (Å²) in [6, 6.07) is 6.92. The van der Waals surface area contributed by atoms with E-state index in [-0.39, 0.29) is 0 Å². The first-order chi connectivity index (χ1) is 8.90. The van der Waals surface area contributed by atoms with Crippen molar-refractivity contribution < 1.29 is 0 Å². The zero-order valence-corrected chi connectivity index (χ0v) is 10.5. The van der Waals surface area contributed by atoms with Gasteiger partial charge in [-0.3, -0.25) is 0 Å². The molecule has 2 nitrogen and oxygen atoms in total. The van der Waals surface area contributed by atoms with Gasteiger partial charge in [0.15, 0.2) is 0 Å². The van der Waals surface area contributed by atoms with Crippen LogP contribution in [0.1, 0.15) is 35.4 Å². The number of imidazole rings is 1. The first kappa shape index (κ1) is 10.4. The zero-order valence-electron chi connectivity index (χ0n) is 10.5. The fraction of sp³-hybridized carbons (Fsp3) is 0.438. The maximum atomic E-state index is 4.14. The third-order valence-corrected chi connectivity index (χ3v) is 4.61. The Morgan fingerprint density at radius 3 is 3.11 bits per heavy atom. The van der Waals surface area contributed by atoms with Crippen molar-refractivity contribution in [3.8, 4) is 0 Å². The molecule has 2 aromatic rings. The lowest BCUT2D eigenvalue weighted by Crippen LogP contribution is -2.21. The van der Waals surface area contributed by atoms with E-state index in [4.69, 9.17) is 0 Å². The standard InChI is InChI=1S/C16H18N2/c1-2-13-4-5-15-9-12(8-14(3-1)16(13)15)10-18-7-6-17-11-18/h1-3,6-7,11-12,15H,4-5,8-10H2/t12-,15-/m1/s1. The molecule has 4 rings (SSSR count). The highest BCUT2D eigenvalue weighted by atomic mass is 15.0. The molecule has 2 aliphatic rings. The number of aryl methyl sites for hydroxylation is 1. The Bertz CT molecular complexity index is 556. The summed E-state index contributed by atoms with van der Waals surface area (Å²) in [6.07, 6.45) is 11.2. The molecule has 0 spiro atoms. The smallest absolute Gasteiger partial charge is 0.0945 e. The highest BCUT2D eigenvalue weighted by Gasteiger charge is 2.32. The Morgan fingerprint density at radius 2 is 2.22 bits per heavy atom. The molecular weight excluding hydrogens is 220 g/mol. The second kappa shape index (κ2) is 3.98. The number of benzene rings is 1. The van der Waals surface area contributed by atoms with Crippen LogP contribution in [0.5, 0.6) is 0 Å². The molecule has 92 valence electrons. The lowest BCUT2D eigenvalue weighted by atomic mass is 9.78. The van der Waals surface area contributed by atoms with Crippen LogP contribution in [0, 0.1) is 5.92 Å². The summed E-state index contributed by atoms with van der Waals surface area (Å²) in [4.78, 5) is 4.14. The van der Waals surface area contributed by atoms with Gasteiger partial charge >= 0.3 is 0 Å². The number of rotatable bonds is 2. The first-order valence-corrected chi connectivity index (χ1v) is 6.96. The normalized spacial score (nSPS) is 25.1. The van der Waals surface area contributed by atoms with E-state index in [1.165, 1.54) is 25.7 Å². The van der Waals surface area contributed by atoms with Gasteiger partial charge < -0.3 is 4.57 Å². The van der Waals surface area contributed by atoms with Crippen molar-refractivity contribution in [3.05, 3.63) is 53.6 Å². The van der Waals surface area contributed by atoms with E-state index in [9.17, 15) is 0 Å². The van der Waals surface area contributed by atoms with Crippen LogP contribution in [0.3, 0.4) is 0 Å².